The Bertz CT molecular complexity index is 439. The summed E-state index contributed by atoms with van der Waals surface area (Å²) in [6, 6.07) is 0. The first-order chi connectivity index (χ1) is 8.56. The molecule has 18 heavy (non-hydrogen) atoms. The molecule has 0 saturated carbocycles. The van der Waals surface area contributed by atoms with Gasteiger partial charge in [-0.15, -0.1) is 0 Å². The van der Waals surface area contributed by atoms with Gasteiger partial charge in [-0.2, -0.15) is 0 Å². The highest BCUT2D eigenvalue weighted by molar-refractivity contribution is 5.93. The van der Waals surface area contributed by atoms with E-state index in [2.05, 4.69) is 4.98 Å². The van der Waals surface area contributed by atoms with Crippen molar-refractivity contribution in [3.8, 4) is 5.75 Å². The van der Waals surface area contributed by atoms with Crippen LogP contribution >= 0.6 is 0 Å². The van der Waals surface area contributed by atoms with Crippen LogP contribution in [-0.4, -0.2) is 24.7 Å². The van der Waals surface area contributed by atoms with Crippen LogP contribution in [-0.2, 0) is 11.3 Å². The van der Waals surface area contributed by atoms with Crippen LogP contribution in [0.5, 0.6) is 5.75 Å². The van der Waals surface area contributed by atoms with Crippen LogP contribution in [0.4, 0.5) is 8.78 Å². The molecule has 1 heterocycles. The Balaban J connectivity index is 3.43. The predicted molar refractivity (Wildman–Crippen MR) is 59.6 cm³/mol. The van der Waals surface area contributed by atoms with Gasteiger partial charge >= 0.3 is 5.97 Å². The van der Waals surface area contributed by atoms with E-state index in [-0.39, 0.29) is 30.0 Å². The van der Waals surface area contributed by atoms with Gasteiger partial charge in [-0.3, -0.25) is 4.98 Å². The number of nitrogens with zero attached hydrogens (tertiary/aromatic N) is 1. The number of rotatable bonds is 5. The molecule has 0 saturated heterocycles. The quantitative estimate of drug-likeness (QED) is 0.815. The van der Waals surface area contributed by atoms with E-state index in [1.54, 1.807) is 6.92 Å². The van der Waals surface area contributed by atoms with E-state index in [1.807, 2.05) is 0 Å². The summed E-state index contributed by atoms with van der Waals surface area (Å²) in [5.74, 6) is -0.690. The maximum Gasteiger partial charge on any atom is 0.340 e. The standard InChI is InChI=1S/C11H14F2N2O3/c1-3-18-11(16)8-6(4-14)7(17-2)5-15-9(8)10(12)13/h5,10H,3-4,14H2,1-2H3. The van der Waals surface area contributed by atoms with Crippen LogP contribution in [0.15, 0.2) is 6.20 Å². The van der Waals surface area contributed by atoms with Crippen molar-refractivity contribution in [2.24, 2.45) is 5.73 Å². The van der Waals surface area contributed by atoms with Crippen LogP contribution in [0.2, 0.25) is 0 Å². The highest BCUT2D eigenvalue weighted by atomic mass is 19.3. The predicted octanol–water partition coefficient (Wildman–Crippen LogP) is 1.66. The number of carbonyl (C=O) groups excluding carboxylic acids is 1. The minimum Gasteiger partial charge on any atom is -0.495 e. The molecular formula is C11H14F2N2O3. The summed E-state index contributed by atoms with van der Waals surface area (Å²) in [6.07, 6.45) is -1.77. The van der Waals surface area contributed by atoms with Crippen LogP contribution in [0.25, 0.3) is 0 Å². The fourth-order valence-corrected chi connectivity index (χ4v) is 1.52. The van der Waals surface area contributed by atoms with Gasteiger partial charge < -0.3 is 15.2 Å². The fourth-order valence-electron chi connectivity index (χ4n) is 1.52. The number of ether oxygens (including phenoxy) is 2. The van der Waals surface area contributed by atoms with E-state index in [1.165, 1.54) is 7.11 Å². The normalized spacial score (nSPS) is 10.6. The lowest BCUT2D eigenvalue weighted by Crippen LogP contribution is -2.16. The zero-order chi connectivity index (χ0) is 13.7. The molecule has 0 aliphatic carbocycles. The van der Waals surface area contributed by atoms with Gasteiger partial charge in [-0.05, 0) is 6.92 Å². The van der Waals surface area contributed by atoms with Gasteiger partial charge in [0, 0.05) is 12.1 Å². The number of carbonyl (C=O) groups is 1. The third-order valence-corrected chi connectivity index (χ3v) is 2.29. The molecule has 1 rings (SSSR count). The number of pyridine rings is 1. The SMILES string of the molecule is CCOC(=O)c1c(C(F)F)ncc(OC)c1CN. The largest absolute Gasteiger partial charge is 0.495 e. The number of halogens is 2. The first-order valence-electron chi connectivity index (χ1n) is 5.27. The van der Waals surface area contributed by atoms with Crippen molar-refractivity contribution in [2.75, 3.05) is 13.7 Å². The van der Waals surface area contributed by atoms with Gasteiger partial charge in [0.15, 0.2) is 0 Å². The summed E-state index contributed by atoms with van der Waals surface area (Å²) in [5.41, 5.74) is 4.68. The third kappa shape index (κ3) is 2.73. The minimum absolute atomic E-state index is 0.0722. The smallest absolute Gasteiger partial charge is 0.340 e. The molecule has 0 unspecified atom stereocenters. The summed E-state index contributed by atoms with van der Waals surface area (Å²) in [6.45, 7) is 1.53. The topological polar surface area (TPSA) is 74.4 Å². The Hall–Kier alpha value is -1.76. The van der Waals surface area contributed by atoms with Crippen molar-refractivity contribution in [2.45, 2.75) is 19.9 Å². The Morgan fingerprint density at radius 1 is 1.56 bits per heavy atom. The van der Waals surface area contributed by atoms with E-state index in [4.69, 9.17) is 15.2 Å². The maximum absolute atomic E-state index is 12.8. The van der Waals surface area contributed by atoms with E-state index < -0.39 is 18.1 Å². The summed E-state index contributed by atoms with van der Waals surface area (Å²) < 4.78 is 35.3. The third-order valence-electron chi connectivity index (χ3n) is 2.29. The van der Waals surface area contributed by atoms with Crippen molar-refractivity contribution in [3.63, 3.8) is 0 Å². The van der Waals surface area contributed by atoms with Crippen LogP contribution in [0, 0.1) is 0 Å². The van der Waals surface area contributed by atoms with E-state index >= 15 is 0 Å². The molecule has 0 aliphatic heterocycles. The number of hydrogen-bond donors (Lipinski definition) is 1. The molecule has 0 aromatic carbocycles. The van der Waals surface area contributed by atoms with E-state index in [0.29, 0.717) is 0 Å². The second kappa shape index (κ2) is 6.25. The van der Waals surface area contributed by atoms with Crippen LogP contribution in [0.3, 0.4) is 0 Å². The first-order valence-corrected chi connectivity index (χ1v) is 5.27. The van der Waals surface area contributed by atoms with Crippen molar-refractivity contribution < 1.29 is 23.0 Å². The highest BCUT2D eigenvalue weighted by Gasteiger charge is 2.26. The number of alkyl halides is 2. The average molecular weight is 260 g/mol. The van der Waals surface area contributed by atoms with Gasteiger partial charge in [0.25, 0.3) is 6.43 Å². The van der Waals surface area contributed by atoms with Crippen molar-refractivity contribution in [1.82, 2.24) is 4.98 Å². The fraction of sp³-hybridized carbons (Fsp3) is 0.455. The van der Waals surface area contributed by atoms with Gasteiger partial charge in [-0.1, -0.05) is 0 Å². The summed E-state index contributed by atoms with van der Waals surface area (Å²) in [5, 5.41) is 0. The molecule has 5 nitrogen and oxygen atoms in total. The molecule has 0 spiro atoms. The molecule has 2 N–H and O–H groups in total. The number of aromatic nitrogens is 1. The lowest BCUT2D eigenvalue weighted by Gasteiger charge is -2.14. The molecule has 0 bridgehead atoms. The second-order valence-corrected chi connectivity index (χ2v) is 3.29. The molecule has 100 valence electrons. The molecule has 0 amide bonds. The highest BCUT2D eigenvalue weighted by Crippen LogP contribution is 2.29. The van der Waals surface area contributed by atoms with Crippen LogP contribution in [0.1, 0.15) is 35.0 Å². The Labute approximate surface area is 103 Å². The van der Waals surface area contributed by atoms with Crippen molar-refractivity contribution in [1.29, 1.82) is 0 Å². The number of nitrogens with two attached hydrogens (primary N) is 1. The molecule has 0 aliphatic rings. The monoisotopic (exact) mass is 260 g/mol. The van der Waals surface area contributed by atoms with Crippen LogP contribution < -0.4 is 10.5 Å². The molecule has 1 aromatic heterocycles. The minimum atomic E-state index is -2.89. The zero-order valence-corrected chi connectivity index (χ0v) is 10.1. The average Bonchev–Trinajstić information content (AvgIpc) is 2.36. The van der Waals surface area contributed by atoms with Gasteiger partial charge in [-0.25, -0.2) is 13.6 Å². The van der Waals surface area contributed by atoms with E-state index in [0.717, 1.165) is 6.20 Å². The molecule has 0 fully saturated rings. The molecule has 7 heteroatoms. The zero-order valence-electron chi connectivity index (χ0n) is 10.1. The number of methoxy groups -OCH3 is 1. The van der Waals surface area contributed by atoms with Gasteiger partial charge in [0.05, 0.1) is 25.5 Å². The number of esters is 1. The van der Waals surface area contributed by atoms with Crippen molar-refractivity contribution in [3.05, 3.63) is 23.0 Å². The van der Waals surface area contributed by atoms with E-state index in [9.17, 15) is 13.6 Å². The molecular weight excluding hydrogens is 246 g/mol. The molecule has 0 radical (unpaired) electrons. The summed E-state index contributed by atoms with van der Waals surface area (Å²) >= 11 is 0. The Kier molecular flexibility index (Phi) is 4.96. The lowest BCUT2D eigenvalue weighted by molar-refractivity contribution is 0.0511. The van der Waals surface area contributed by atoms with Crippen molar-refractivity contribution >= 4 is 5.97 Å². The Morgan fingerprint density at radius 2 is 2.22 bits per heavy atom. The summed E-state index contributed by atoms with van der Waals surface area (Å²) in [4.78, 5) is 15.2. The maximum atomic E-state index is 12.8. The Morgan fingerprint density at radius 3 is 2.67 bits per heavy atom. The molecule has 0 atom stereocenters. The lowest BCUT2D eigenvalue weighted by atomic mass is 10.1. The number of hydrogen-bond acceptors (Lipinski definition) is 5. The van der Waals surface area contributed by atoms with Gasteiger partial charge in [0.1, 0.15) is 11.4 Å². The first kappa shape index (κ1) is 14.3. The molecule has 1 aromatic rings. The second-order valence-electron chi connectivity index (χ2n) is 3.29. The van der Waals surface area contributed by atoms with Gasteiger partial charge in [0.2, 0.25) is 0 Å². The summed E-state index contributed by atoms with van der Waals surface area (Å²) in [7, 11) is 1.34.